The first-order chi connectivity index (χ1) is 11.4. The van der Waals surface area contributed by atoms with Crippen molar-refractivity contribution in [3.05, 3.63) is 41.0 Å². The minimum absolute atomic E-state index is 0.0733. The highest BCUT2D eigenvalue weighted by molar-refractivity contribution is 7.91. The number of benzene rings is 1. The van der Waals surface area contributed by atoms with Crippen molar-refractivity contribution < 1.29 is 8.42 Å². The molecule has 1 saturated heterocycles. The standard InChI is InChI=1S/C15H18ClN5O2S/c1-21(13-6-7-24(22,23)10-13)14-9-18-20-15(19-14)17-8-11-2-4-12(16)5-3-11/h2-5,9,13H,6-8,10H2,1H3,(H,17,19,20). The summed E-state index contributed by atoms with van der Waals surface area (Å²) < 4.78 is 23.3. The van der Waals surface area contributed by atoms with Crippen LogP contribution in [0.15, 0.2) is 30.5 Å². The lowest BCUT2D eigenvalue weighted by Gasteiger charge is -2.24. The Hall–Kier alpha value is -1.93. The van der Waals surface area contributed by atoms with E-state index in [0.29, 0.717) is 29.8 Å². The molecule has 9 heteroatoms. The van der Waals surface area contributed by atoms with E-state index in [0.717, 1.165) is 5.56 Å². The zero-order valence-electron chi connectivity index (χ0n) is 13.2. The predicted molar refractivity (Wildman–Crippen MR) is 94.1 cm³/mol. The molecule has 0 bridgehead atoms. The molecule has 2 heterocycles. The van der Waals surface area contributed by atoms with Gasteiger partial charge in [0, 0.05) is 24.7 Å². The van der Waals surface area contributed by atoms with Gasteiger partial charge < -0.3 is 10.2 Å². The molecule has 1 aliphatic heterocycles. The van der Waals surface area contributed by atoms with E-state index in [2.05, 4.69) is 20.5 Å². The Labute approximate surface area is 146 Å². The molecule has 0 saturated carbocycles. The second kappa shape index (κ2) is 6.90. The van der Waals surface area contributed by atoms with E-state index in [1.54, 1.807) is 6.20 Å². The molecule has 1 aromatic carbocycles. The summed E-state index contributed by atoms with van der Waals surface area (Å²) in [5, 5.41) is 11.7. The number of nitrogens with one attached hydrogen (secondary N) is 1. The number of aromatic nitrogens is 3. The maximum atomic E-state index is 11.6. The zero-order valence-corrected chi connectivity index (χ0v) is 14.8. The second-order valence-corrected chi connectivity index (χ2v) is 8.45. The first-order valence-electron chi connectivity index (χ1n) is 7.54. The van der Waals surface area contributed by atoms with Gasteiger partial charge in [-0.2, -0.15) is 10.1 Å². The maximum Gasteiger partial charge on any atom is 0.244 e. The highest BCUT2D eigenvalue weighted by Crippen LogP contribution is 2.21. The third-order valence-corrected chi connectivity index (χ3v) is 6.03. The van der Waals surface area contributed by atoms with E-state index >= 15 is 0 Å². The van der Waals surface area contributed by atoms with E-state index in [4.69, 9.17) is 11.6 Å². The van der Waals surface area contributed by atoms with E-state index in [9.17, 15) is 8.42 Å². The van der Waals surface area contributed by atoms with Crippen LogP contribution in [0, 0.1) is 0 Å². The van der Waals surface area contributed by atoms with Crippen LogP contribution in [0.4, 0.5) is 11.8 Å². The van der Waals surface area contributed by atoms with Crippen LogP contribution in [-0.2, 0) is 16.4 Å². The van der Waals surface area contributed by atoms with Crippen molar-refractivity contribution in [3.8, 4) is 0 Å². The largest absolute Gasteiger partial charge is 0.354 e. The number of anilines is 2. The van der Waals surface area contributed by atoms with E-state index < -0.39 is 9.84 Å². The van der Waals surface area contributed by atoms with Crippen molar-refractivity contribution >= 4 is 33.2 Å². The van der Waals surface area contributed by atoms with Crippen LogP contribution >= 0.6 is 11.6 Å². The van der Waals surface area contributed by atoms with Gasteiger partial charge in [0.15, 0.2) is 15.7 Å². The van der Waals surface area contributed by atoms with Gasteiger partial charge in [0.1, 0.15) is 0 Å². The molecule has 0 radical (unpaired) electrons. The Morgan fingerprint density at radius 3 is 2.75 bits per heavy atom. The molecule has 128 valence electrons. The van der Waals surface area contributed by atoms with Crippen molar-refractivity contribution in [2.45, 2.75) is 19.0 Å². The summed E-state index contributed by atoms with van der Waals surface area (Å²) in [5.41, 5.74) is 1.05. The first kappa shape index (κ1) is 16.9. The van der Waals surface area contributed by atoms with Gasteiger partial charge in [-0.15, -0.1) is 5.10 Å². The maximum absolute atomic E-state index is 11.6. The van der Waals surface area contributed by atoms with Crippen LogP contribution in [0.1, 0.15) is 12.0 Å². The van der Waals surface area contributed by atoms with Crippen LogP contribution in [0.2, 0.25) is 5.02 Å². The minimum Gasteiger partial charge on any atom is -0.354 e. The number of halogens is 1. The van der Waals surface area contributed by atoms with Crippen LogP contribution in [0.3, 0.4) is 0 Å². The zero-order chi connectivity index (χ0) is 17.2. The third-order valence-electron chi connectivity index (χ3n) is 4.03. The van der Waals surface area contributed by atoms with Gasteiger partial charge in [0.25, 0.3) is 0 Å². The van der Waals surface area contributed by atoms with Crippen molar-refractivity contribution in [1.82, 2.24) is 15.2 Å². The molecular weight excluding hydrogens is 350 g/mol. The molecule has 0 aliphatic carbocycles. The summed E-state index contributed by atoms with van der Waals surface area (Å²) in [6, 6.07) is 7.41. The average molecular weight is 368 g/mol. The van der Waals surface area contributed by atoms with Gasteiger partial charge in [-0.05, 0) is 24.1 Å². The lowest BCUT2D eigenvalue weighted by molar-refractivity contribution is 0.600. The van der Waals surface area contributed by atoms with Gasteiger partial charge in [-0.1, -0.05) is 23.7 Å². The minimum atomic E-state index is -2.94. The molecular formula is C15H18ClN5O2S. The highest BCUT2D eigenvalue weighted by atomic mass is 35.5. The van der Waals surface area contributed by atoms with Crippen LogP contribution in [0.25, 0.3) is 0 Å². The summed E-state index contributed by atoms with van der Waals surface area (Å²) in [6.07, 6.45) is 2.15. The number of nitrogens with zero attached hydrogens (tertiary/aromatic N) is 4. The highest BCUT2D eigenvalue weighted by Gasteiger charge is 2.31. The lowest BCUT2D eigenvalue weighted by atomic mass is 10.2. The predicted octanol–water partition coefficient (Wildman–Crippen LogP) is 1.76. The number of hydrogen-bond acceptors (Lipinski definition) is 7. The number of hydrogen-bond donors (Lipinski definition) is 1. The molecule has 1 N–H and O–H groups in total. The molecule has 1 fully saturated rings. The molecule has 24 heavy (non-hydrogen) atoms. The summed E-state index contributed by atoms with van der Waals surface area (Å²) in [5.74, 6) is 1.38. The Bertz CT molecular complexity index is 813. The second-order valence-electron chi connectivity index (χ2n) is 5.79. The van der Waals surface area contributed by atoms with Crippen molar-refractivity contribution in [3.63, 3.8) is 0 Å². The van der Waals surface area contributed by atoms with E-state index in [1.165, 1.54) is 0 Å². The molecule has 7 nitrogen and oxygen atoms in total. The van der Waals surface area contributed by atoms with E-state index in [1.807, 2.05) is 36.2 Å². The van der Waals surface area contributed by atoms with Crippen LogP contribution < -0.4 is 10.2 Å². The SMILES string of the molecule is CN(c1cnnc(NCc2ccc(Cl)cc2)n1)C1CCS(=O)(=O)C1. The Balaban J connectivity index is 1.66. The fourth-order valence-electron chi connectivity index (χ4n) is 2.59. The monoisotopic (exact) mass is 367 g/mol. The summed E-state index contributed by atoms with van der Waals surface area (Å²) >= 11 is 5.86. The van der Waals surface area contributed by atoms with Gasteiger partial charge >= 0.3 is 0 Å². The van der Waals surface area contributed by atoms with Crippen LogP contribution in [-0.4, -0.2) is 48.2 Å². The number of rotatable bonds is 5. The lowest BCUT2D eigenvalue weighted by Crippen LogP contribution is -2.33. The number of sulfone groups is 1. The summed E-state index contributed by atoms with van der Waals surface area (Å²) in [6.45, 7) is 0.545. The Morgan fingerprint density at radius 1 is 1.33 bits per heavy atom. The van der Waals surface area contributed by atoms with Gasteiger partial charge in [0.2, 0.25) is 5.95 Å². The molecule has 2 aromatic rings. The topological polar surface area (TPSA) is 88.1 Å². The Morgan fingerprint density at radius 2 is 2.08 bits per heavy atom. The molecule has 1 aromatic heterocycles. The molecule has 0 spiro atoms. The van der Waals surface area contributed by atoms with Crippen molar-refractivity contribution in [2.75, 3.05) is 28.8 Å². The van der Waals surface area contributed by atoms with Crippen LogP contribution in [0.5, 0.6) is 0 Å². The van der Waals surface area contributed by atoms with Crippen molar-refractivity contribution in [2.24, 2.45) is 0 Å². The third kappa shape index (κ3) is 4.12. The smallest absolute Gasteiger partial charge is 0.244 e. The molecule has 1 atom stereocenters. The summed E-state index contributed by atoms with van der Waals surface area (Å²) in [7, 11) is -1.11. The first-order valence-corrected chi connectivity index (χ1v) is 9.74. The van der Waals surface area contributed by atoms with Gasteiger partial charge in [-0.3, -0.25) is 0 Å². The fourth-order valence-corrected chi connectivity index (χ4v) is 4.49. The van der Waals surface area contributed by atoms with Crippen molar-refractivity contribution in [1.29, 1.82) is 0 Å². The van der Waals surface area contributed by atoms with Gasteiger partial charge in [0.05, 0.1) is 17.7 Å². The Kier molecular flexibility index (Phi) is 4.86. The molecule has 1 aliphatic rings. The molecule has 3 rings (SSSR count). The average Bonchev–Trinajstić information content (AvgIpc) is 2.94. The molecule has 1 unspecified atom stereocenters. The van der Waals surface area contributed by atoms with E-state index in [-0.39, 0.29) is 17.5 Å². The molecule has 0 amide bonds. The normalized spacial score (nSPS) is 19.2. The van der Waals surface area contributed by atoms with Gasteiger partial charge in [-0.25, -0.2) is 8.42 Å². The quantitative estimate of drug-likeness (QED) is 0.861. The fraction of sp³-hybridized carbons (Fsp3) is 0.400. The summed E-state index contributed by atoms with van der Waals surface area (Å²) in [4.78, 5) is 6.27.